The standard InChI is InChI=1S/C39H38Cl2N2O5/c1-23(44)47-33-13-31-36(29-9-5-3-7-27(29)33)25(16-40)18-42(31)12-11-38-20-39(21-38,22-38)15-35(46)43-19-26(17-41)37-30-10-6-4-8-28(30)34(14-32(37)43)48-24(2)45/h3-10,13-14,25-26H,11-12,15-22H2,1-2H3. The molecule has 0 N–H and O–H groups in total. The Balaban J connectivity index is 0.972. The van der Waals surface area contributed by atoms with Gasteiger partial charge in [-0.2, -0.15) is 0 Å². The van der Waals surface area contributed by atoms with E-state index in [1.54, 1.807) is 0 Å². The van der Waals surface area contributed by atoms with Crippen molar-refractivity contribution in [2.75, 3.05) is 41.2 Å². The summed E-state index contributed by atoms with van der Waals surface area (Å²) in [5, 5.41) is 3.86. The Morgan fingerprint density at radius 2 is 1.23 bits per heavy atom. The van der Waals surface area contributed by atoms with Gasteiger partial charge in [-0.3, -0.25) is 14.4 Å². The molecule has 0 radical (unpaired) electrons. The van der Waals surface area contributed by atoms with Gasteiger partial charge >= 0.3 is 11.9 Å². The van der Waals surface area contributed by atoms with Crippen molar-refractivity contribution in [3.63, 3.8) is 0 Å². The second-order valence-electron chi connectivity index (χ2n) is 14.5. The van der Waals surface area contributed by atoms with E-state index < -0.39 is 5.97 Å². The highest BCUT2D eigenvalue weighted by molar-refractivity contribution is 6.19. The second-order valence-corrected chi connectivity index (χ2v) is 15.1. The van der Waals surface area contributed by atoms with Crippen molar-refractivity contribution in [1.29, 1.82) is 0 Å². The Labute approximate surface area is 290 Å². The molecule has 0 spiro atoms. The van der Waals surface area contributed by atoms with Crippen LogP contribution in [0.25, 0.3) is 21.5 Å². The Kier molecular flexibility index (Phi) is 7.64. The number of ether oxygens (including phenoxy) is 2. The van der Waals surface area contributed by atoms with Crippen LogP contribution in [0.3, 0.4) is 0 Å². The molecular weight excluding hydrogens is 647 g/mol. The smallest absolute Gasteiger partial charge is 0.308 e. The lowest BCUT2D eigenvalue weighted by Crippen LogP contribution is -2.63. The first kappa shape index (κ1) is 31.5. The molecule has 9 heteroatoms. The number of benzene rings is 4. The van der Waals surface area contributed by atoms with E-state index in [2.05, 4.69) is 11.0 Å². The molecule has 0 aromatic heterocycles. The maximum atomic E-state index is 14.0. The molecule has 2 unspecified atom stereocenters. The van der Waals surface area contributed by atoms with Crippen LogP contribution in [0.5, 0.6) is 11.5 Å². The number of carbonyl (C=O) groups is 3. The van der Waals surface area contributed by atoms with Crippen molar-refractivity contribution in [2.24, 2.45) is 10.8 Å². The number of alkyl halides is 2. The molecule has 7 nitrogen and oxygen atoms in total. The fourth-order valence-corrected chi connectivity index (χ4v) is 10.1. The Morgan fingerprint density at radius 3 is 1.77 bits per heavy atom. The molecule has 1 amide bonds. The molecule has 3 fully saturated rings. The van der Waals surface area contributed by atoms with Gasteiger partial charge in [-0.25, -0.2) is 0 Å². The van der Waals surface area contributed by atoms with Gasteiger partial charge in [-0.05, 0) is 58.4 Å². The van der Waals surface area contributed by atoms with E-state index in [-0.39, 0.29) is 34.5 Å². The fraction of sp³-hybridized carbons (Fsp3) is 0.410. The molecule has 2 heterocycles. The van der Waals surface area contributed by atoms with Gasteiger partial charge in [0.15, 0.2) is 0 Å². The predicted octanol–water partition coefficient (Wildman–Crippen LogP) is 8.31. The summed E-state index contributed by atoms with van der Waals surface area (Å²) >= 11 is 13.0. The van der Waals surface area contributed by atoms with E-state index in [4.69, 9.17) is 32.7 Å². The monoisotopic (exact) mass is 684 g/mol. The van der Waals surface area contributed by atoms with Crippen molar-refractivity contribution in [3.8, 4) is 11.5 Å². The zero-order valence-electron chi connectivity index (χ0n) is 27.2. The van der Waals surface area contributed by atoms with Crippen LogP contribution in [0.15, 0.2) is 60.7 Å². The Hall–Kier alpha value is -3.81. The molecule has 4 aromatic carbocycles. The number of hydrogen-bond donors (Lipinski definition) is 0. The lowest BCUT2D eigenvalue weighted by molar-refractivity contribution is -0.209. The Morgan fingerprint density at radius 1 is 0.729 bits per heavy atom. The average molecular weight is 686 g/mol. The zero-order valence-corrected chi connectivity index (χ0v) is 28.7. The van der Waals surface area contributed by atoms with Crippen LogP contribution in [0, 0.1) is 10.8 Å². The molecule has 4 aromatic rings. The van der Waals surface area contributed by atoms with Crippen LogP contribution in [0.2, 0.25) is 0 Å². The lowest BCUT2D eigenvalue weighted by Gasteiger charge is -2.71. The third-order valence-corrected chi connectivity index (χ3v) is 12.0. The predicted molar refractivity (Wildman–Crippen MR) is 190 cm³/mol. The summed E-state index contributed by atoms with van der Waals surface area (Å²) in [5.74, 6) is 1.61. The van der Waals surface area contributed by atoms with Gasteiger partial charge in [-0.15, -0.1) is 23.2 Å². The average Bonchev–Trinajstić information content (AvgIpc) is 3.59. The minimum atomic E-state index is -0.391. The minimum Gasteiger partial charge on any atom is -0.426 e. The highest BCUT2D eigenvalue weighted by Gasteiger charge is 2.67. The largest absolute Gasteiger partial charge is 0.426 e. The molecule has 9 rings (SSSR count). The van der Waals surface area contributed by atoms with E-state index in [0.717, 1.165) is 77.3 Å². The van der Waals surface area contributed by atoms with Crippen LogP contribution in [0.1, 0.15) is 68.9 Å². The molecular formula is C39H38Cl2N2O5. The maximum Gasteiger partial charge on any atom is 0.308 e. The van der Waals surface area contributed by atoms with Gasteiger partial charge in [0.2, 0.25) is 5.91 Å². The first-order valence-corrected chi connectivity index (χ1v) is 17.9. The van der Waals surface area contributed by atoms with E-state index >= 15 is 0 Å². The van der Waals surface area contributed by atoms with Crippen molar-refractivity contribution >= 4 is 74.0 Å². The van der Waals surface area contributed by atoms with E-state index in [0.29, 0.717) is 36.2 Å². The third kappa shape index (κ3) is 5.04. The number of esters is 2. The highest BCUT2D eigenvalue weighted by Crippen LogP contribution is 2.76. The molecule has 2 aliphatic heterocycles. The summed E-state index contributed by atoms with van der Waals surface area (Å²) in [6.07, 6.45) is 4.72. The van der Waals surface area contributed by atoms with Crippen molar-refractivity contribution in [3.05, 3.63) is 71.8 Å². The summed E-state index contributed by atoms with van der Waals surface area (Å²) in [5.41, 5.74) is 4.52. The molecule has 48 heavy (non-hydrogen) atoms. The third-order valence-electron chi connectivity index (χ3n) is 11.2. The number of rotatable bonds is 9. The summed E-state index contributed by atoms with van der Waals surface area (Å²) in [6, 6.07) is 19.8. The summed E-state index contributed by atoms with van der Waals surface area (Å²) < 4.78 is 11.3. The van der Waals surface area contributed by atoms with Gasteiger partial charge in [0, 0.05) is 92.1 Å². The summed E-state index contributed by atoms with van der Waals surface area (Å²) in [6.45, 7) is 5.10. The topological polar surface area (TPSA) is 76.2 Å². The lowest BCUT2D eigenvalue weighted by atomic mass is 9.33. The Bertz CT molecular complexity index is 1990. The molecule has 3 saturated carbocycles. The minimum absolute atomic E-state index is 0.0138. The van der Waals surface area contributed by atoms with E-state index in [9.17, 15) is 14.4 Å². The van der Waals surface area contributed by atoms with Crippen LogP contribution < -0.4 is 19.3 Å². The number of halogens is 2. The van der Waals surface area contributed by atoms with Crippen molar-refractivity contribution < 1.29 is 23.9 Å². The number of fused-ring (bicyclic) bond motifs is 6. The molecule has 5 aliphatic rings. The van der Waals surface area contributed by atoms with Crippen LogP contribution in [-0.4, -0.2) is 49.2 Å². The second kappa shape index (κ2) is 11.7. The maximum absolute atomic E-state index is 14.0. The normalized spacial score (nSPS) is 25.0. The fourth-order valence-electron chi connectivity index (χ4n) is 9.56. The molecule has 3 aliphatic carbocycles. The van der Waals surface area contributed by atoms with E-state index in [1.807, 2.05) is 59.5 Å². The summed E-state index contributed by atoms with van der Waals surface area (Å²) in [4.78, 5) is 42.2. The molecule has 248 valence electrons. The molecule has 0 saturated heterocycles. The zero-order chi connectivity index (χ0) is 33.4. The van der Waals surface area contributed by atoms with Gasteiger partial charge < -0.3 is 19.3 Å². The van der Waals surface area contributed by atoms with Crippen molar-refractivity contribution in [1.82, 2.24) is 0 Å². The number of carbonyl (C=O) groups excluding carboxylic acids is 3. The van der Waals surface area contributed by atoms with Crippen LogP contribution >= 0.6 is 23.2 Å². The van der Waals surface area contributed by atoms with Gasteiger partial charge in [0.1, 0.15) is 11.5 Å². The van der Waals surface area contributed by atoms with Crippen LogP contribution in [0.4, 0.5) is 11.4 Å². The van der Waals surface area contributed by atoms with Crippen molar-refractivity contribution in [2.45, 2.75) is 57.8 Å². The molecule has 2 bridgehead atoms. The first-order valence-electron chi connectivity index (χ1n) is 16.8. The van der Waals surface area contributed by atoms with Gasteiger partial charge in [0.25, 0.3) is 0 Å². The first-order chi connectivity index (χ1) is 23.1. The number of nitrogens with zero attached hydrogens (tertiary/aromatic N) is 2. The molecule has 2 atom stereocenters. The SMILES string of the molecule is CC(=O)Oc1cc2c(c3ccccc13)C(CCl)CN2CCC12CC(CC(=O)N3CC(CCl)c4c3cc(OC(C)=O)c3ccccc43)(C1)C2. The summed E-state index contributed by atoms with van der Waals surface area (Å²) in [7, 11) is 0. The van der Waals surface area contributed by atoms with Gasteiger partial charge in [-0.1, -0.05) is 48.5 Å². The quantitative estimate of drug-likeness (QED) is 0.100. The van der Waals surface area contributed by atoms with E-state index in [1.165, 1.54) is 19.4 Å². The van der Waals surface area contributed by atoms with Crippen LogP contribution in [-0.2, 0) is 14.4 Å². The number of amides is 1. The number of anilines is 2. The highest BCUT2D eigenvalue weighted by atomic mass is 35.5. The van der Waals surface area contributed by atoms with Gasteiger partial charge in [0.05, 0.1) is 5.69 Å². The number of hydrogen-bond acceptors (Lipinski definition) is 6.